The molecule has 4 rings (SSSR count). The van der Waals surface area contributed by atoms with Gasteiger partial charge in [-0.15, -0.1) is 0 Å². The second kappa shape index (κ2) is 8.94. The van der Waals surface area contributed by atoms with E-state index in [1.54, 1.807) is 0 Å². The molecule has 0 heterocycles. The second-order valence-corrected chi connectivity index (χ2v) is 15.6. The fourth-order valence-electron chi connectivity index (χ4n) is 9.33. The maximum absolute atomic E-state index is 11.8. The maximum atomic E-state index is 11.8. The van der Waals surface area contributed by atoms with E-state index < -0.39 is 37.7 Å². The van der Waals surface area contributed by atoms with Gasteiger partial charge in [0.05, 0.1) is 18.0 Å². The summed E-state index contributed by atoms with van der Waals surface area (Å²) in [6.07, 6.45) is 4.58. The Hall–Kier alpha value is -0.260. The molecule has 0 aromatic heterocycles. The summed E-state index contributed by atoms with van der Waals surface area (Å²) in [5.74, 6) is 0.826. The molecule has 4 fully saturated rings. The van der Waals surface area contributed by atoms with E-state index in [1.807, 2.05) is 0 Å². The van der Waals surface area contributed by atoms with Crippen LogP contribution in [0.2, 0.25) is 0 Å². The molecule has 198 valence electrons. The Morgan fingerprint density at radius 1 is 0.882 bits per heavy atom. The van der Waals surface area contributed by atoms with Gasteiger partial charge in [-0.1, -0.05) is 20.8 Å². The van der Waals surface area contributed by atoms with Gasteiger partial charge in [-0.3, -0.25) is 9.11 Å². The van der Waals surface area contributed by atoms with Crippen LogP contribution >= 0.6 is 0 Å². The zero-order valence-electron chi connectivity index (χ0n) is 20.5. The third kappa shape index (κ3) is 4.49. The average molecular weight is 523 g/mol. The first-order valence-corrected chi connectivity index (χ1v) is 16.0. The highest BCUT2D eigenvalue weighted by Crippen LogP contribution is 2.68. The van der Waals surface area contributed by atoms with Crippen LogP contribution in [-0.2, 0) is 20.2 Å². The Morgan fingerprint density at radius 3 is 2.12 bits per heavy atom. The van der Waals surface area contributed by atoms with Gasteiger partial charge in [0.1, 0.15) is 5.25 Å². The molecule has 34 heavy (non-hydrogen) atoms. The minimum Gasteiger partial charge on any atom is -0.393 e. The predicted octanol–water partition coefficient (Wildman–Crippen LogP) is 3.15. The van der Waals surface area contributed by atoms with Crippen LogP contribution in [0.25, 0.3) is 0 Å². The molecule has 4 saturated carbocycles. The third-order valence-electron chi connectivity index (χ3n) is 10.9. The summed E-state index contributed by atoms with van der Waals surface area (Å²) in [5.41, 5.74) is -0.224. The monoisotopic (exact) mass is 522 g/mol. The van der Waals surface area contributed by atoms with Crippen molar-refractivity contribution in [2.75, 3.05) is 5.75 Å². The minimum atomic E-state index is -4.34. The lowest BCUT2D eigenvalue weighted by Gasteiger charge is -2.63. The van der Waals surface area contributed by atoms with Crippen LogP contribution in [0.4, 0.5) is 0 Å². The lowest BCUT2D eigenvalue weighted by molar-refractivity contribution is -0.186. The third-order valence-corrected chi connectivity index (χ3v) is 13.0. The Bertz CT molecular complexity index is 981. The predicted molar refractivity (Wildman–Crippen MR) is 128 cm³/mol. The lowest BCUT2D eigenvalue weighted by Crippen LogP contribution is -2.62. The van der Waals surface area contributed by atoms with Gasteiger partial charge >= 0.3 is 0 Å². The summed E-state index contributed by atoms with van der Waals surface area (Å²) in [6.45, 7) is 6.66. The summed E-state index contributed by atoms with van der Waals surface area (Å²) < 4.78 is 64.6. The normalized spacial score (nSPS) is 48.0. The zero-order valence-corrected chi connectivity index (χ0v) is 22.1. The highest BCUT2D eigenvalue weighted by molar-refractivity contribution is 7.86. The van der Waals surface area contributed by atoms with Gasteiger partial charge in [-0.05, 0) is 104 Å². The van der Waals surface area contributed by atoms with Gasteiger partial charge < -0.3 is 10.2 Å². The molecule has 0 unspecified atom stereocenters. The van der Waals surface area contributed by atoms with Crippen LogP contribution in [0.1, 0.15) is 78.6 Å². The van der Waals surface area contributed by atoms with E-state index in [-0.39, 0.29) is 40.8 Å². The lowest BCUT2D eigenvalue weighted by atomic mass is 9.43. The average Bonchev–Trinajstić information content (AvgIpc) is 3.04. The summed E-state index contributed by atoms with van der Waals surface area (Å²) in [5, 5.41) is 21.1. The van der Waals surface area contributed by atoms with Gasteiger partial charge in [0.15, 0.2) is 0 Å². The molecule has 4 aliphatic rings. The zero-order chi connectivity index (χ0) is 25.3. The molecule has 11 atom stereocenters. The molecule has 0 radical (unpaired) electrons. The van der Waals surface area contributed by atoms with E-state index in [1.165, 1.54) is 0 Å². The van der Waals surface area contributed by atoms with Gasteiger partial charge in [-0.2, -0.15) is 16.8 Å². The summed E-state index contributed by atoms with van der Waals surface area (Å²) in [4.78, 5) is 0. The molecular formula is C24H42O8S2. The van der Waals surface area contributed by atoms with Gasteiger partial charge in [0.2, 0.25) is 0 Å². The quantitative estimate of drug-likeness (QED) is 0.389. The molecule has 0 bridgehead atoms. The standard InChI is InChI=1S/C24H42O8S2/c1-14(5-4-12-33(27,28)29)15-6-7-16-21-17(8-10-23(15,16)2)24(3)11-9-20(34(30,31)32)22(26)18(24)13-19(21)25/h14-22,25-26H,4-13H2,1-3H3,(H,27,28,29)(H,30,31,32)/t14-,15-,16+,17+,18+,19-,20-,21+,22-,23-,24-/m1/s1. The van der Waals surface area contributed by atoms with Crippen LogP contribution < -0.4 is 0 Å². The van der Waals surface area contributed by atoms with Crippen molar-refractivity contribution in [1.82, 2.24) is 0 Å². The molecular weight excluding hydrogens is 480 g/mol. The van der Waals surface area contributed by atoms with E-state index >= 15 is 0 Å². The summed E-state index contributed by atoms with van der Waals surface area (Å²) in [6, 6.07) is 0. The highest BCUT2D eigenvalue weighted by Gasteiger charge is 2.65. The Kier molecular flexibility index (Phi) is 7.05. The van der Waals surface area contributed by atoms with E-state index in [0.29, 0.717) is 37.0 Å². The minimum absolute atomic E-state index is 0.0487. The number of rotatable bonds is 6. The van der Waals surface area contributed by atoms with Crippen molar-refractivity contribution in [3.05, 3.63) is 0 Å². The van der Waals surface area contributed by atoms with Crippen molar-refractivity contribution >= 4 is 20.2 Å². The van der Waals surface area contributed by atoms with Crippen LogP contribution in [0.5, 0.6) is 0 Å². The van der Waals surface area contributed by atoms with Crippen molar-refractivity contribution in [3.63, 3.8) is 0 Å². The highest BCUT2D eigenvalue weighted by atomic mass is 32.2. The van der Waals surface area contributed by atoms with Gasteiger partial charge in [0.25, 0.3) is 20.2 Å². The largest absolute Gasteiger partial charge is 0.393 e. The summed E-state index contributed by atoms with van der Waals surface area (Å²) >= 11 is 0. The van der Waals surface area contributed by atoms with E-state index in [2.05, 4.69) is 20.8 Å². The van der Waals surface area contributed by atoms with Crippen LogP contribution in [-0.4, -0.2) is 59.4 Å². The first-order valence-electron chi connectivity index (χ1n) is 12.9. The topological polar surface area (TPSA) is 149 Å². The van der Waals surface area contributed by atoms with E-state index in [4.69, 9.17) is 4.55 Å². The number of aliphatic hydroxyl groups excluding tert-OH is 2. The number of fused-ring (bicyclic) bond motifs is 5. The first-order chi connectivity index (χ1) is 15.6. The molecule has 0 amide bonds. The first kappa shape index (κ1) is 26.8. The maximum Gasteiger partial charge on any atom is 0.270 e. The molecule has 0 spiro atoms. The fraction of sp³-hybridized carbons (Fsp3) is 1.00. The van der Waals surface area contributed by atoms with E-state index in [9.17, 15) is 31.6 Å². The molecule has 4 N–H and O–H groups in total. The molecule has 0 saturated heterocycles. The number of aliphatic hydroxyl groups is 2. The Morgan fingerprint density at radius 2 is 1.50 bits per heavy atom. The molecule has 10 heteroatoms. The number of hydrogen-bond donors (Lipinski definition) is 4. The van der Waals surface area contributed by atoms with Crippen molar-refractivity contribution < 1.29 is 36.2 Å². The van der Waals surface area contributed by atoms with Crippen molar-refractivity contribution in [2.24, 2.45) is 46.3 Å². The molecule has 0 aromatic rings. The van der Waals surface area contributed by atoms with Crippen LogP contribution in [0, 0.1) is 46.3 Å². The fourth-order valence-corrected chi connectivity index (χ4v) is 10.8. The molecule has 0 aromatic carbocycles. The van der Waals surface area contributed by atoms with Crippen LogP contribution in [0.15, 0.2) is 0 Å². The molecule has 0 aliphatic heterocycles. The summed E-state index contributed by atoms with van der Waals surface area (Å²) in [7, 11) is -8.29. The SMILES string of the molecule is C[C@H](CCCS(=O)(=O)O)[C@H]1CC[C@H]2[C@@H]3[C@H](O)C[C@H]4[C@@H](O)[C@H](S(=O)(=O)O)CC[C@]4(C)[C@H]3CC[C@]12C. The smallest absolute Gasteiger partial charge is 0.270 e. The van der Waals surface area contributed by atoms with Crippen molar-refractivity contribution in [3.8, 4) is 0 Å². The van der Waals surface area contributed by atoms with E-state index in [0.717, 1.165) is 32.1 Å². The Labute approximate surface area is 204 Å². The van der Waals surface area contributed by atoms with Crippen molar-refractivity contribution in [2.45, 2.75) is 96.0 Å². The van der Waals surface area contributed by atoms with Crippen LogP contribution in [0.3, 0.4) is 0 Å². The molecule has 4 aliphatic carbocycles. The van der Waals surface area contributed by atoms with Gasteiger partial charge in [0, 0.05) is 0 Å². The van der Waals surface area contributed by atoms with Gasteiger partial charge in [-0.25, -0.2) is 0 Å². The molecule has 8 nitrogen and oxygen atoms in total. The second-order valence-electron chi connectivity index (χ2n) is 12.4. The Balaban J connectivity index is 1.53. The number of hydrogen-bond acceptors (Lipinski definition) is 6. The van der Waals surface area contributed by atoms with Crippen molar-refractivity contribution in [1.29, 1.82) is 0 Å².